The zero-order chi connectivity index (χ0) is 23.7. The second kappa shape index (κ2) is 9.16. The highest BCUT2D eigenvalue weighted by atomic mass is 32.2. The van der Waals surface area contributed by atoms with Crippen LogP contribution in [0.15, 0.2) is 58.4 Å². The molecular formula is C23H25N5O5S. The number of benzene rings is 1. The Kier molecular flexibility index (Phi) is 6.07. The number of ether oxygens (including phenoxy) is 1. The molecule has 11 heteroatoms. The Morgan fingerprint density at radius 1 is 0.971 bits per heavy atom. The van der Waals surface area contributed by atoms with Gasteiger partial charge in [0.15, 0.2) is 0 Å². The summed E-state index contributed by atoms with van der Waals surface area (Å²) in [6.45, 7) is 3.36. The largest absolute Gasteiger partial charge is 0.379 e. The molecule has 0 saturated carbocycles. The smallest absolute Gasteiger partial charge is 0.261 e. The Bertz CT molecular complexity index is 1360. The molecule has 0 atom stereocenters. The van der Waals surface area contributed by atoms with Crippen LogP contribution < -0.4 is 10.5 Å². The standard InChI is InChI=1S/C23H25N5O5S/c29-22-19(15-17-3-1-2-4-20(17)25-22)23(30)27-9-7-26(8-10-27)21-6-5-18(16-24-21)34(31,32)28-11-13-33-14-12-28/h1-6,15-16H,7-14H2,(H,25,29). The number of amides is 1. The van der Waals surface area contributed by atoms with Crippen molar-refractivity contribution in [2.45, 2.75) is 4.90 Å². The van der Waals surface area contributed by atoms with Gasteiger partial charge in [-0.3, -0.25) is 9.59 Å². The average Bonchev–Trinajstić information content (AvgIpc) is 2.88. The number of hydrogen-bond acceptors (Lipinski definition) is 7. The summed E-state index contributed by atoms with van der Waals surface area (Å²) in [7, 11) is -3.59. The zero-order valence-electron chi connectivity index (χ0n) is 18.5. The van der Waals surface area contributed by atoms with Gasteiger partial charge in [-0.2, -0.15) is 4.31 Å². The number of nitrogens with one attached hydrogen (secondary N) is 1. The number of hydrogen-bond donors (Lipinski definition) is 1. The van der Waals surface area contributed by atoms with E-state index in [1.807, 2.05) is 23.1 Å². The van der Waals surface area contributed by atoms with Gasteiger partial charge in [0.1, 0.15) is 16.3 Å². The Labute approximate surface area is 196 Å². The molecule has 1 aromatic carbocycles. The van der Waals surface area contributed by atoms with Gasteiger partial charge in [0.05, 0.1) is 13.2 Å². The molecule has 34 heavy (non-hydrogen) atoms. The topological polar surface area (TPSA) is 116 Å². The van der Waals surface area contributed by atoms with Gasteiger partial charge in [0.2, 0.25) is 10.0 Å². The van der Waals surface area contributed by atoms with Gasteiger partial charge in [0.25, 0.3) is 11.5 Å². The van der Waals surface area contributed by atoms with Crippen molar-refractivity contribution in [2.24, 2.45) is 0 Å². The molecule has 2 aliphatic rings. The highest BCUT2D eigenvalue weighted by Gasteiger charge is 2.28. The minimum Gasteiger partial charge on any atom is -0.379 e. The molecule has 5 rings (SSSR count). The molecule has 1 amide bonds. The average molecular weight is 484 g/mol. The van der Waals surface area contributed by atoms with Crippen LogP contribution in [0.4, 0.5) is 5.82 Å². The Morgan fingerprint density at radius 3 is 2.41 bits per heavy atom. The minimum atomic E-state index is -3.59. The summed E-state index contributed by atoms with van der Waals surface area (Å²) >= 11 is 0. The summed E-state index contributed by atoms with van der Waals surface area (Å²) in [6.07, 6.45) is 1.38. The fraction of sp³-hybridized carbons (Fsp3) is 0.348. The van der Waals surface area contributed by atoms with Crippen LogP contribution in [-0.2, 0) is 14.8 Å². The van der Waals surface area contributed by atoms with Crippen LogP contribution in [-0.4, -0.2) is 86.0 Å². The summed E-state index contributed by atoms with van der Waals surface area (Å²) in [6, 6.07) is 12.2. The summed E-state index contributed by atoms with van der Waals surface area (Å²) in [5, 5.41) is 0.806. The predicted octanol–water partition coefficient (Wildman–Crippen LogP) is 0.906. The van der Waals surface area contributed by atoms with Crippen molar-refractivity contribution in [1.29, 1.82) is 0 Å². The normalized spacial score (nSPS) is 17.8. The zero-order valence-corrected chi connectivity index (χ0v) is 19.3. The maximum Gasteiger partial charge on any atom is 0.261 e. The predicted molar refractivity (Wildman–Crippen MR) is 127 cm³/mol. The monoisotopic (exact) mass is 483 g/mol. The third-order valence-electron chi connectivity index (χ3n) is 6.20. The van der Waals surface area contributed by atoms with Gasteiger partial charge in [-0.25, -0.2) is 13.4 Å². The van der Waals surface area contributed by atoms with E-state index in [1.165, 1.54) is 10.5 Å². The lowest BCUT2D eigenvalue weighted by molar-refractivity contribution is 0.0730. The molecule has 0 unspecified atom stereocenters. The summed E-state index contributed by atoms with van der Waals surface area (Å²) in [5.41, 5.74) is 0.423. The van der Waals surface area contributed by atoms with Gasteiger partial charge in [0, 0.05) is 51.0 Å². The number of rotatable bonds is 4. The van der Waals surface area contributed by atoms with E-state index in [1.54, 1.807) is 29.2 Å². The molecule has 3 aromatic rings. The van der Waals surface area contributed by atoms with Crippen molar-refractivity contribution in [1.82, 2.24) is 19.2 Å². The highest BCUT2D eigenvalue weighted by Crippen LogP contribution is 2.21. The lowest BCUT2D eigenvalue weighted by atomic mass is 10.1. The maximum atomic E-state index is 13.0. The van der Waals surface area contributed by atoms with Gasteiger partial charge >= 0.3 is 0 Å². The molecule has 1 N–H and O–H groups in total. The molecule has 2 aliphatic heterocycles. The molecule has 2 fully saturated rings. The lowest BCUT2D eigenvalue weighted by Crippen LogP contribution is -2.49. The Hall–Kier alpha value is -3.28. The van der Waals surface area contributed by atoms with Crippen LogP contribution in [0.2, 0.25) is 0 Å². The van der Waals surface area contributed by atoms with Crippen LogP contribution >= 0.6 is 0 Å². The first kappa shape index (κ1) is 22.5. The summed E-state index contributed by atoms with van der Waals surface area (Å²) in [5.74, 6) is 0.350. The van der Waals surface area contributed by atoms with Gasteiger partial charge < -0.3 is 19.5 Å². The molecule has 2 aromatic heterocycles. The first-order valence-electron chi connectivity index (χ1n) is 11.1. The number of carbonyl (C=O) groups excluding carboxylic acids is 1. The number of sulfonamides is 1. The van der Waals surface area contributed by atoms with E-state index in [2.05, 4.69) is 9.97 Å². The van der Waals surface area contributed by atoms with Crippen molar-refractivity contribution in [3.63, 3.8) is 0 Å². The number of anilines is 1. The van der Waals surface area contributed by atoms with Crippen LogP contribution in [0.5, 0.6) is 0 Å². The number of pyridine rings is 2. The number of piperazine rings is 1. The number of nitrogens with zero attached hydrogens (tertiary/aromatic N) is 4. The molecule has 178 valence electrons. The molecule has 10 nitrogen and oxygen atoms in total. The first-order valence-corrected chi connectivity index (χ1v) is 12.6. The number of aromatic amines is 1. The van der Waals surface area contributed by atoms with E-state index in [0.29, 0.717) is 63.8 Å². The number of para-hydroxylation sites is 1. The number of fused-ring (bicyclic) bond motifs is 1. The molecule has 4 heterocycles. The summed E-state index contributed by atoms with van der Waals surface area (Å²) < 4.78 is 32.2. The van der Waals surface area contributed by atoms with Crippen LogP contribution in [0.3, 0.4) is 0 Å². The van der Waals surface area contributed by atoms with E-state index in [-0.39, 0.29) is 16.4 Å². The van der Waals surface area contributed by atoms with Crippen LogP contribution in [0.1, 0.15) is 10.4 Å². The number of H-pyrrole nitrogens is 1. The Balaban J connectivity index is 1.25. The molecular weight excluding hydrogens is 458 g/mol. The molecule has 0 radical (unpaired) electrons. The quantitative estimate of drug-likeness (QED) is 0.586. The van der Waals surface area contributed by atoms with Gasteiger partial charge in [-0.1, -0.05) is 18.2 Å². The van der Waals surface area contributed by atoms with Crippen LogP contribution in [0.25, 0.3) is 10.9 Å². The SMILES string of the molecule is O=C(c1cc2ccccc2[nH]c1=O)N1CCN(c2ccc(S(=O)(=O)N3CCOCC3)cn2)CC1. The van der Waals surface area contributed by atoms with E-state index in [9.17, 15) is 18.0 Å². The van der Waals surface area contributed by atoms with Crippen molar-refractivity contribution in [2.75, 3.05) is 57.4 Å². The molecule has 2 saturated heterocycles. The second-order valence-corrected chi connectivity index (χ2v) is 10.2. The van der Waals surface area contributed by atoms with E-state index < -0.39 is 15.6 Å². The molecule has 0 aliphatic carbocycles. The molecule has 0 bridgehead atoms. The third-order valence-corrected chi connectivity index (χ3v) is 8.09. The second-order valence-electron chi connectivity index (χ2n) is 8.25. The van der Waals surface area contributed by atoms with E-state index in [4.69, 9.17) is 4.74 Å². The number of aromatic nitrogens is 2. The van der Waals surface area contributed by atoms with Gasteiger partial charge in [-0.05, 0) is 29.7 Å². The fourth-order valence-electron chi connectivity index (χ4n) is 4.26. The number of carbonyl (C=O) groups is 1. The maximum absolute atomic E-state index is 13.0. The van der Waals surface area contributed by atoms with E-state index >= 15 is 0 Å². The van der Waals surface area contributed by atoms with Crippen molar-refractivity contribution >= 4 is 32.7 Å². The van der Waals surface area contributed by atoms with Crippen molar-refractivity contribution in [3.8, 4) is 0 Å². The van der Waals surface area contributed by atoms with E-state index in [0.717, 1.165) is 5.39 Å². The fourth-order valence-corrected chi connectivity index (χ4v) is 5.62. The molecule has 0 spiro atoms. The van der Waals surface area contributed by atoms with Crippen molar-refractivity contribution < 1.29 is 17.9 Å². The number of morpholine rings is 1. The first-order chi connectivity index (χ1) is 16.4. The lowest BCUT2D eigenvalue weighted by Gasteiger charge is -2.35. The summed E-state index contributed by atoms with van der Waals surface area (Å²) in [4.78, 5) is 36.4. The minimum absolute atomic E-state index is 0.128. The highest BCUT2D eigenvalue weighted by molar-refractivity contribution is 7.89. The Morgan fingerprint density at radius 2 is 1.71 bits per heavy atom. The van der Waals surface area contributed by atoms with Gasteiger partial charge in [-0.15, -0.1) is 0 Å². The third kappa shape index (κ3) is 4.29. The van der Waals surface area contributed by atoms with Crippen molar-refractivity contribution in [3.05, 3.63) is 64.6 Å². The van der Waals surface area contributed by atoms with Crippen LogP contribution in [0, 0.1) is 0 Å².